The summed E-state index contributed by atoms with van der Waals surface area (Å²) in [7, 11) is -3.50. The Labute approximate surface area is 118 Å². The van der Waals surface area contributed by atoms with Gasteiger partial charge in [0.25, 0.3) is 0 Å². The predicted molar refractivity (Wildman–Crippen MR) is 71.5 cm³/mol. The molecule has 0 aliphatic carbocycles. The Morgan fingerprint density at radius 2 is 1.90 bits per heavy atom. The standard InChI is InChI=1S/C11H9FN4O4S/c1-21(19,20)8-2-3-10(9(12)4-8)15-11-13-5-7(6-14-11)16(17)18/h2-6H,1H3,(H,13,14,15). The lowest BCUT2D eigenvalue weighted by molar-refractivity contribution is -0.385. The van der Waals surface area contributed by atoms with E-state index in [1.165, 1.54) is 12.1 Å². The fraction of sp³-hybridized carbons (Fsp3) is 0.0909. The van der Waals surface area contributed by atoms with Crippen molar-refractivity contribution in [1.82, 2.24) is 9.97 Å². The molecule has 1 aromatic heterocycles. The smallest absolute Gasteiger partial charge is 0.305 e. The summed E-state index contributed by atoms with van der Waals surface area (Å²) in [5.41, 5.74) is -0.343. The molecule has 110 valence electrons. The third kappa shape index (κ3) is 3.48. The van der Waals surface area contributed by atoms with Crippen molar-refractivity contribution < 1.29 is 17.7 Å². The number of nitrogens with one attached hydrogen (secondary N) is 1. The van der Waals surface area contributed by atoms with Gasteiger partial charge in [-0.1, -0.05) is 0 Å². The molecule has 2 aromatic rings. The van der Waals surface area contributed by atoms with Gasteiger partial charge in [0.15, 0.2) is 9.84 Å². The van der Waals surface area contributed by atoms with Crippen molar-refractivity contribution in [2.24, 2.45) is 0 Å². The fourth-order valence-corrected chi connectivity index (χ4v) is 2.06. The summed E-state index contributed by atoms with van der Waals surface area (Å²) in [5.74, 6) is -0.855. The van der Waals surface area contributed by atoms with Crippen molar-refractivity contribution in [3.05, 3.63) is 46.5 Å². The maximum Gasteiger partial charge on any atom is 0.305 e. The Balaban J connectivity index is 2.26. The van der Waals surface area contributed by atoms with Gasteiger partial charge in [0.1, 0.15) is 18.2 Å². The molecule has 0 radical (unpaired) electrons. The van der Waals surface area contributed by atoms with Crippen LogP contribution in [-0.4, -0.2) is 29.6 Å². The Morgan fingerprint density at radius 1 is 1.29 bits per heavy atom. The van der Waals surface area contributed by atoms with Crippen LogP contribution in [0.25, 0.3) is 0 Å². The van der Waals surface area contributed by atoms with Gasteiger partial charge in [-0.2, -0.15) is 0 Å². The summed E-state index contributed by atoms with van der Waals surface area (Å²) in [4.78, 5) is 16.9. The van der Waals surface area contributed by atoms with Crippen LogP contribution in [0, 0.1) is 15.9 Å². The Hall–Kier alpha value is -2.62. The van der Waals surface area contributed by atoms with Gasteiger partial charge in [-0.15, -0.1) is 0 Å². The number of aromatic nitrogens is 2. The van der Waals surface area contributed by atoms with E-state index in [4.69, 9.17) is 0 Å². The zero-order chi connectivity index (χ0) is 15.6. The predicted octanol–water partition coefficient (Wildman–Crippen LogP) is 1.67. The minimum atomic E-state index is -3.50. The van der Waals surface area contributed by atoms with Crippen molar-refractivity contribution in [3.63, 3.8) is 0 Å². The molecular weight excluding hydrogens is 303 g/mol. The van der Waals surface area contributed by atoms with E-state index in [9.17, 15) is 22.9 Å². The van der Waals surface area contributed by atoms with Crippen LogP contribution in [0.4, 0.5) is 21.7 Å². The lowest BCUT2D eigenvalue weighted by atomic mass is 10.3. The SMILES string of the molecule is CS(=O)(=O)c1ccc(Nc2ncc([N+](=O)[O-])cn2)c(F)c1. The zero-order valence-corrected chi connectivity index (χ0v) is 11.5. The zero-order valence-electron chi connectivity index (χ0n) is 10.6. The first-order valence-electron chi connectivity index (χ1n) is 5.50. The van der Waals surface area contributed by atoms with Crippen LogP contribution in [-0.2, 0) is 9.84 Å². The fourth-order valence-electron chi connectivity index (χ4n) is 1.43. The second-order valence-corrected chi connectivity index (χ2v) is 6.08. The molecule has 2 rings (SSSR count). The number of benzene rings is 1. The molecule has 21 heavy (non-hydrogen) atoms. The second-order valence-electron chi connectivity index (χ2n) is 4.06. The van der Waals surface area contributed by atoms with Crippen molar-refractivity contribution in [2.75, 3.05) is 11.6 Å². The van der Waals surface area contributed by atoms with E-state index < -0.39 is 20.6 Å². The van der Waals surface area contributed by atoms with E-state index in [-0.39, 0.29) is 22.2 Å². The minimum absolute atomic E-state index is 0.0451. The summed E-state index contributed by atoms with van der Waals surface area (Å²) >= 11 is 0. The normalized spacial score (nSPS) is 11.1. The summed E-state index contributed by atoms with van der Waals surface area (Å²) in [6.07, 6.45) is 2.91. The molecular formula is C11H9FN4O4S. The monoisotopic (exact) mass is 312 g/mol. The second kappa shape index (κ2) is 5.40. The molecule has 0 spiro atoms. The average molecular weight is 312 g/mol. The third-order valence-corrected chi connectivity index (χ3v) is 3.57. The first-order chi connectivity index (χ1) is 9.77. The molecule has 10 heteroatoms. The van der Waals surface area contributed by atoms with Crippen molar-refractivity contribution in [3.8, 4) is 0 Å². The molecule has 0 aliphatic heterocycles. The van der Waals surface area contributed by atoms with Gasteiger partial charge in [-0.25, -0.2) is 22.8 Å². The molecule has 1 aromatic carbocycles. The number of nitrogens with zero attached hydrogens (tertiary/aromatic N) is 3. The Kier molecular flexibility index (Phi) is 3.80. The van der Waals surface area contributed by atoms with Crippen molar-refractivity contribution in [2.45, 2.75) is 4.90 Å². The minimum Gasteiger partial charge on any atom is -0.322 e. The van der Waals surface area contributed by atoms with Crippen molar-refractivity contribution >= 4 is 27.2 Å². The molecule has 0 saturated heterocycles. The molecule has 0 saturated carbocycles. The summed E-state index contributed by atoms with van der Waals surface area (Å²) in [6.45, 7) is 0. The van der Waals surface area contributed by atoms with Crippen molar-refractivity contribution in [1.29, 1.82) is 0 Å². The van der Waals surface area contributed by atoms with Crippen LogP contribution < -0.4 is 5.32 Å². The number of nitro groups is 1. The molecule has 8 nitrogen and oxygen atoms in total. The molecule has 0 unspecified atom stereocenters. The number of sulfone groups is 1. The lowest BCUT2D eigenvalue weighted by Gasteiger charge is -2.06. The molecule has 0 atom stereocenters. The number of hydrogen-bond acceptors (Lipinski definition) is 7. The van der Waals surface area contributed by atoms with Crippen LogP contribution in [0.5, 0.6) is 0 Å². The van der Waals surface area contributed by atoms with Crippen LogP contribution in [0.1, 0.15) is 0 Å². The summed E-state index contributed by atoms with van der Waals surface area (Å²) in [5, 5.41) is 12.9. The van der Waals surface area contributed by atoms with Crippen LogP contribution in [0.2, 0.25) is 0 Å². The summed E-state index contributed by atoms with van der Waals surface area (Å²) in [6, 6.07) is 3.31. The quantitative estimate of drug-likeness (QED) is 0.674. The van der Waals surface area contributed by atoms with E-state index in [1.807, 2.05) is 0 Å². The van der Waals surface area contributed by atoms with E-state index in [0.717, 1.165) is 24.7 Å². The first-order valence-corrected chi connectivity index (χ1v) is 7.39. The van der Waals surface area contributed by atoms with Gasteiger partial charge in [0, 0.05) is 6.26 Å². The van der Waals surface area contributed by atoms with Gasteiger partial charge in [-0.05, 0) is 18.2 Å². The van der Waals surface area contributed by atoms with E-state index in [0.29, 0.717) is 0 Å². The number of anilines is 2. The molecule has 0 fully saturated rings. The van der Waals surface area contributed by atoms with E-state index in [1.54, 1.807) is 0 Å². The molecule has 1 N–H and O–H groups in total. The van der Waals surface area contributed by atoms with Crippen LogP contribution >= 0.6 is 0 Å². The number of hydrogen-bond donors (Lipinski definition) is 1. The van der Waals surface area contributed by atoms with Crippen LogP contribution in [0.15, 0.2) is 35.5 Å². The Morgan fingerprint density at radius 3 is 2.38 bits per heavy atom. The van der Waals surface area contributed by atoms with Gasteiger partial charge in [-0.3, -0.25) is 10.1 Å². The van der Waals surface area contributed by atoms with Gasteiger partial charge in [0.2, 0.25) is 5.95 Å². The number of rotatable bonds is 4. The molecule has 0 amide bonds. The van der Waals surface area contributed by atoms with Gasteiger partial charge in [0.05, 0.1) is 15.5 Å². The highest BCUT2D eigenvalue weighted by atomic mass is 32.2. The largest absolute Gasteiger partial charge is 0.322 e. The highest BCUT2D eigenvalue weighted by molar-refractivity contribution is 7.90. The topological polar surface area (TPSA) is 115 Å². The number of halogens is 1. The third-order valence-electron chi connectivity index (χ3n) is 2.46. The summed E-state index contributed by atoms with van der Waals surface area (Å²) < 4.78 is 36.3. The molecule has 1 heterocycles. The van der Waals surface area contributed by atoms with Crippen LogP contribution in [0.3, 0.4) is 0 Å². The van der Waals surface area contributed by atoms with E-state index >= 15 is 0 Å². The highest BCUT2D eigenvalue weighted by Gasteiger charge is 2.12. The maximum absolute atomic E-state index is 13.8. The van der Waals surface area contributed by atoms with E-state index in [2.05, 4.69) is 15.3 Å². The Bertz CT molecular complexity index is 792. The van der Waals surface area contributed by atoms with Gasteiger partial charge >= 0.3 is 5.69 Å². The lowest BCUT2D eigenvalue weighted by Crippen LogP contribution is -2.02. The average Bonchev–Trinajstić information content (AvgIpc) is 2.40. The van der Waals surface area contributed by atoms with Gasteiger partial charge < -0.3 is 5.32 Å². The maximum atomic E-state index is 13.8. The molecule has 0 bridgehead atoms. The highest BCUT2D eigenvalue weighted by Crippen LogP contribution is 2.21. The first kappa shape index (κ1) is 14.8. The molecule has 0 aliphatic rings.